The van der Waals surface area contributed by atoms with Gasteiger partial charge in [0.1, 0.15) is 27.9 Å². The number of benzene rings is 3. The number of oxazole rings is 1. The van der Waals surface area contributed by atoms with Gasteiger partial charge in [0.25, 0.3) is 11.9 Å². The molecule has 4 aromatic rings. The number of thioether (sulfide) groups is 1. The molecule has 2 aliphatic heterocycles. The molecule has 46 heavy (non-hydrogen) atoms. The van der Waals surface area contributed by atoms with E-state index in [0.29, 0.717) is 58.0 Å². The molecule has 2 fully saturated rings. The summed E-state index contributed by atoms with van der Waals surface area (Å²) in [4.78, 5) is 33.1. The maximum Gasteiger partial charge on any atom is 0.335 e. The van der Waals surface area contributed by atoms with E-state index in [9.17, 15) is 9.59 Å². The van der Waals surface area contributed by atoms with Gasteiger partial charge in [-0.15, -0.1) is 0 Å². The first kappa shape index (κ1) is 31.5. The molecular formula is C33H32N4O7S2. The number of aromatic nitrogens is 1. The minimum Gasteiger partial charge on any atom is -0.494 e. The van der Waals surface area contributed by atoms with Crippen LogP contribution in [-0.2, 0) is 9.53 Å². The lowest BCUT2D eigenvalue weighted by molar-refractivity contribution is -0.122. The Hall–Kier alpha value is -4.43. The zero-order valence-corrected chi connectivity index (χ0v) is 26.5. The highest BCUT2D eigenvalue weighted by atomic mass is 32.2. The quantitative estimate of drug-likeness (QED) is 0.118. The number of nitrogens with zero attached hydrogens (tertiary/aromatic N) is 3. The fourth-order valence-electron chi connectivity index (χ4n) is 5.16. The molecule has 2 aliphatic rings. The number of nitrogens with two attached hydrogens (primary N) is 1. The van der Waals surface area contributed by atoms with Gasteiger partial charge in [-0.3, -0.25) is 14.6 Å². The summed E-state index contributed by atoms with van der Waals surface area (Å²) < 4.78 is 23.4. The standard InChI is InChI=1S/C33H32N4O7S2/c34-32-35-26-20-23(5-9-28(26)44-32)25-18-21(2-8-27(25)43-17-13-36-11-15-41-16-12-36)19-29-30(38)37(33(45)46-29)10-1-14-42-24-6-3-22(4-7-24)31(39)40/h2-9,18-20H,1,10-17H2,(H2,34,35)(H,39,40)/b29-19-. The van der Waals surface area contributed by atoms with E-state index >= 15 is 0 Å². The molecule has 6 rings (SSSR count). The Morgan fingerprint density at radius 3 is 2.63 bits per heavy atom. The first-order chi connectivity index (χ1) is 22.3. The van der Waals surface area contributed by atoms with Crippen LogP contribution in [0, 0.1) is 0 Å². The van der Waals surface area contributed by atoms with Crippen LogP contribution in [0.25, 0.3) is 28.3 Å². The summed E-state index contributed by atoms with van der Waals surface area (Å²) in [7, 11) is 0. The maximum absolute atomic E-state index is 13.3. The van der Waals surface area contributed by atoms with Crippen LogP contribution in [0.15, 0.2) is 70.0 Å². The molecule has 0 spiro atoms. The topological polar surface area (TPSA) is 141 Å². The number of aromatic carboxylic acids is 1. The van der Waals surface area contributed by atoms with Crippen molar-refractivity contribution >= 4 is 63.4 Å². The Morgan fingerprint density at radius 1 is 1.04 bits per heavy atom. The number of anilines is 1. The molecule has 0 bridgehead atoms. The summed E-state index contributed by atoms with van der Waals surface area (Å²) >= 11 is 6.80. The summed E-state index contributed by atoms with van der Waals surface area (Å²) in [6, 6.07) is 17.8. The molecule has 238 valence electrons. The number of carboxylic acid groups (broad SMARTS) is 1. The van der Waals surface area contributed by atoms with Gasteiger partial charge in [-0.2, -0.15) is 4.98 Å². The lowest BCUT2D eigenvalue weighted by atomic mass is 10.0. The highest BCUT2D eigenvalue weighted by Gasteiger charge is 2.31. The molecule has 0 unspecified atom stereocenters. The molecule has 3 aromatic carbocycles. The third kappa shape index (κ3) is 7.50. The minimum absolute atomic E-state index is 0.103. The largest absolute Gasteiger partial charge is 0.494 e. The number of amides is 1. The molecular weight excluding hydrogens is 629 g/mol. The number of hydrogen-bond acceptors (Lipinski definition) is 11. The number of carboxylic acids is 1. The van der Waals surface area contributed by atoms with Crippen LogP contribution in [0.3, 0.4) is 0 Å². The number of carbonyl (C=O) groups excluding carboxylic acids is 1. The smallest absolute Gasteiger partial charge is 0.335 e. The third-order valence-electron chi connectivity index (χ3n) is 7.55. The number of nitrogen functional groups attached to an aromatic ring is 1. The summed E-state index contributed by atoms with van der Waals surface area (Å²) in [6.07, 6.45) is 2.39. The van der Waals surface area contributed by atoms with E-state index in [-0.39, 0.29) is 17.5 Å². The zero-order chi connectivity index (χ0) is 32.0. The molecule has 0 aliphatic carbocycles. The van der Waals surface area contributed by atoms with Gasteiger partial charge in [0.2, 0.25) is 0 Å². The Kier molecular flexibility index (Phi) is 9.83. The summed E-state index contributed by atoms with van der Waals surface area (Å²) in [5.41, 5.74) is 9.76. The summed E-state index contributed by atoms with van der Waals surface area (Å²) in [5.74, 6) is 0.123. The predicted molar refractivity (Wildman–Crippen MR) is 180 cm³/mol. The van der Waals surface area contributed by atoms with Crippen LogP contribution in [-0.4, -0.2) is 88.7 Å². The molecule has 0 atom stereocenters. The number of rotatable bonds is 12. The molecule has 11 nitrogen and oxygen atoms in total. The highest BCUT2D eigenvalue weighted by molar-refractivity contribution is 8.26. The van der Waals surface area contributed by atoms with Crippen molar-refractivity contribution in [2.75, 3.05) is 58.3 Å². The van der Waals surface area contributed by atoms with Gasteiger partial charge in [-0.05, 0) is 72.2 Å². The van der Waals surface area contributed by atoms with E-state index in [1.54, 1.807) is 17.0 Å². The lowest BCUT2D eigenvalue weighted by Gasteiger charge is -2.26. The second-order valence-electron chi connectivity index (χ2n) is 10.7. The number of ether oxygens (including phenoxy) is 3. The van der Waals surface area contributed by atoms with E-state index in [1.165, 1.54) is 23.9 Å². The number of thiocarbonyl (C=S) groups is 1. The van der Waals surface area contributed by atoms with Gasteiger partial charge in [0.05, 0.1) is 30.3 Å². The van der Waals surface area contributed by atoms with E-state index in [2.05, 4.69) is 9.88 Å². The first-order valence-corrected chi connectivity index (χ1v) is 16.0. The van der Waals surface area contributed by atoms with Crippen molar-refractivity contribution in [3.05, 3.63) is 76.7 Å². The molecule has 3 heterocycles. The van der Waals surface area contributed by atoms with Gasteiger partial charge >= 0.3 is 5.97 Å². The van der Waals surface area contributed by atoms with Gasteiger partial charge in [-0.25, -0.2) is 4.79 Å². The Bertz CT molecular complexity index is 1780. The molecule has 2 saturated heterocycles. The minimum atomic E-state index is -0.993. The van der Waals surface area contributed by atoms with Crippen LogP contribution in [0.5, 0.6) is 11.5 Å². The molecule has 3 N–H and O–H groups in total. The molecule has 1 aromatic heterocycles. The fraction of sp³-hybridized carbons (Fsp3) is 0.273. The highest BCUT2D eigenvalue weighted by Crippen LogP contribution is 2.37. The van der Waals surface area contributed by atoms with E-state index in [4.69, 9.17) is 41.7 Å². The van der Waals surface area contributed by atoms with E-state index < -0.39 is 5.97 Å². The fourth-order valence-corrected chi connectivity index (χ4v) is 6.47. The number of carbonyl (C=O) groups is 2. The van der Waals surface area contributed by atoms with Crippen LogP contribution < -0.4 is 15.2 Å². The van der Waals surface area contributed by atoms with Crippen molar-refractivity contribution in [2.45, 2.75) is 6.42 Å². The first-order valence-electron chi connectivity index (χ1n) is 14.8. The molecule has 0 radical (unpaired) electrons. The Balaban J connectivity index is 1.15. The van der Waals surface area contributed by atoms with E-state index in [1.807, 2.05) is 42.5 Å². The second-order valence-corrected chi connectivity index (χ2v) is 12.3. The molecule has 13 heteroatoms. The van der Waals surface area contributed by atoms with Crippen LogP contribution >= 0.6 is 24.0 Å². The van der Waals surface area contributed by atoms with Gasteiger partial charge in [-0.1, -0.05) is 36.1 Å². The second kappa shape index (κ2) is 14.3. The monoisotopic (exact) mass is 660 g/mol. The number of fused-ring (bicyclic) bond motifs is 1. The van der Waals surface area contributed by atoms with Crippen molar-refractivity contribution in [3.8, 4) is 22.6 Å². The summed E-state index contributed by atoms with van der Waals surface area (Å²) in [6.45, 7) is 5.27. The normalized spacial score (nSPS) is 16.4. The van der Waals surface area contributed by atoms with Crippen LogP contribution in [0.4, 0.5) is 6.01 Å². The predicted octanol–water partition coefficient (Wildman–Crippen LogP) is 5.16. The van der Waals surface area contributed by atoms with Gasteiger partial charge < -0.3 is 29.5 Å². The Labute approximate surface area is 274 Å². The van der Waals surface area contributed by atoms with Crippen molar-refractivity contribution in [2.24, 2.45) is 0 Å². The average Bonchev–Trinajstić information content (AvgIpc) is 3.56. The maximum atomic E-state index is 13.3. The van der Waals surface area contributed by atoms with Crippen molar-refractivity contribution in [1.29, 1.82) is 0 Å². The van der Waals surface area contributed by atoms with Gasteiger partial charge in [0, 0.05) is 31.7 Å². The van der Waals surface area contributed by atoms with E-state index in [0.717, 1.165) is 49.5 Å². The Morgan fingerprint density at radius 2 is 1.85 bits per heavy atom. The zero-order valence-electron chi connectivity index (χ0n) is 24.8. The van der Waals surface area contributed by atoms with Gasteiger partial charge in [0.15, 0.2) is 5.58 Å². The summed E-state index contributed by atoms with van der Waals surface area (Å²) in [5, 5.41) is 9.04. The van der Waals surface area contributed by atoms with Crippen molar-refractivity contribution in [3.63, 3.8) is 0 Å². The number of morpholine rings is 1. The average molecular weight is 661 g/mol. The SMILES string of the molecule is Nc1nc2cc(-c3cc(/C=C4\SC(=S)N(CCCOc5ccc(C(=O)O)cc5)C4=O)ccc3OCCN3CCOCC3)ccc2o1. The van der Waals surface area contributed by atoms with Crippen molar-refractivity contribution < 1.29 is 33.3 Å². The third-order valence-corrected chi connectivity index (χ3v) is 8.93. The molecule has 0 saturated carbocycles. The van der Waals surface area contributed by atoms with Crippen molar-refractivity contribution in [1.82, 2.24) is 14.8 Å². The molecule has 1 amide bonds. The number of hydrogen-bond donors (Lipinski definition) is 2. The lowest BCUT2D eigenvalue weighted by Crippen LogP contribution is -2.38. The van der Waals surface area contributed by atoms with Crippen LogP contribution in [0.2, 0.25) is 0 Å². The van der Waals surface area contributed by atoms with Crippen LogP contribution in [0.1, 0.15) is 22.3 Å².